The normalized spacial score (nSPS) is 13.6. The lowest BCUT2D eigenvalue weighted by Crippen LogP contribution is -2.46. The molecule has 2 aromatic heterocycles. The number of carbonyl (C=O) groups is 2. The zero-order chi connectivity index (χ0) is 32.4. The topological polar surface area (TPSA) is 129 Å². The first-order chi connectivity index (χ1) is 20.6. The summed E-state index contributed by atoms with van der Waals surface area (Å²) in [5.41, 5.74) is -0.725. The van der Waals surface area contributed by atoms with Crippen molar-refractivity contribution >= 4 is 22.8 Å². The number of fused-ring (bicyclic) bond motifs is 1. The summed E-state index contributed by atoms with van der Waals surface area (Å²) in [6.45, 7) is 2.93. The molecule has 0 radical (unpaired) electrons. The molecule has 10 nitrogen and oxygen atoms in total. The summed E-state index contributed by atoms with van der Waals surface area (Å²) in [5, 5.41) is 16.3. The number of hydrogen-bond acceptors (Lipinski definition) is 8. The van der Waals surface area contributed by atoms with Gasteiger partial charge in [0.05, 0.1) is 18.3 Å². The zero-order valence-corrected chi connectivity index (χ0v) is 23.4. The van der Waals surface area contributed by atoms with Gasteiger partial charge in [-0.25, -0.2) is 4.79 Å². The lowest BCUT2D eigenvalue weighted by molar-refractivity contribution is -0.191. The summed E-state index contributed by atoms with van der Waals surface area (Å²) in [6.07, 6.45) is -11.3. The van der Waals surface area contributed by atoms with E-state index in [-0.39, 0.29) is 23.8 Å². The first-order valence-corrected chi connectivity index (χ1v) is 13.1. The molecule has 236 valence electrons. The van der Waals surface area contributed by atoms with Crippen LogP contribution in [0.3, 0.4) is 0 Å². The van der Waals surface area contributed by atoms with Gasteiger partial charge >= 0.3 is 18.3 Å². The van der Waals surface area contributed by atoms with Gasteiger partial charge in [-0.3, -0.25) is 4.79 Å². The molecule has 0 spiro atoms. The maximum absolute atomic E-state index is 13.7. The maximum atomic E-state index is 13.7. The van der Waals surface area contributed by atoms with Crippen LogP contribution in [0.4, 0.5) is 26.3 Å². The number of carbonyl (C=O) groups excluding carboxylic acids is 2. The highest BCUT2D eigenvalue weighted by Gasteiger charge is 2.41. The van der Waals surface area contributed by atoms with Crippen molar-refractivity contribution in [2.45, 2.75) is 57.9 Å². The number of rotatable bonds is 10. The minimum absolute atomic E-state index is 0.0100. The van der Waals surface area contributed by atoms with Gasteiger partial charge in [0.2, 0.25) is 11.7 Å². The van der Waals surface area contributed by atoms with Crippen LogP contribution < -0.4 is 10.1 Å². The predicted octanol–water partition coefficient (Wildman–Crippen LogP) is 5.14. The predicted molar refractivity (Wildman–Crippen MR) is 142 cm³/mol. The molecule has 0 saturated carbocycles. The highest BCUT2D eigenvalue weighted by molar-refractivity contribution is 5.95. The van der Waals surface area contributed by atoms with Gasteiger partial charge in [-0.2, -0.15) is 31.3 Å². The number of aliphatic hydroxyl groups excluding tert-OH is 1. The standard InChI is InChI=1S/C28H26F6N4O6/c1-14(2)42-26(41)20(13-39)35-23(40)12-38-10-9-17-18(5-4-6-21(17)38)24-36-25(44-37-24)16-7-8-22(19(11-16)28(32,33)34)43-15(3)27(29,30)31/h4-11,14-15,20,39H,12-13H2,1-3H3,(H,35,40)/t15-,20-/m0/s1. The number of amides is 1. The number of benzene rings is 2. The lowest BCUT2D eigenvalue weighted by Gasteiger charge is -2.20. The Labute approximate surface area is 245 Å². The lowest BCUT2D eigenvalue weighted by atomic mass is 10.1. The van der Waals surface area contributed by atoms with E-state index in [0.29, 0.717) is 29.5 Å². The molecule has 0 fully saturated rings. The largest absolute Gasteiger partial charge is 0.481 e. The van der Waals surface area contributed by atoms with Crippen molar-refractivity contribution in [2.75, 3.05) is 6.61 Å². The molecular formula is C28H26F6N4O6. The van der Waals surface area contributed by atoms with E-state index in [1.165, 1.54) is 0 Å². The van der Waals surface area contributed by atoms with Gasteiger partial charge in [0, 0.05) is 28.2 Å². The highest BCUT2D eigenvalue weighted by atomic mass is 19.4. The van der Waals surface area contributed by atoms with Crippen LogP contribution in [0, 0.1) is 0 Å². The summed E-state index contributed by atoms with van der Waals surface area (Å²) < 4.78 is 96.1. The van der Waals surface area contributed by atoms with E-state index in [1.807, 2.05) is 0 Å². The third kappa shape index (κ3) is 7.30. The van der Waals surface area contributed by atoms with Crippen LogP contribution in [0.25, 0.3) is 33.7 Å². The average molecular weight is 629 g/mol. The summed E-state index contributed by atoms with van der Waals surface area (Å²) >= 11 is 0. The van der Waals surface area contributed by atoms with Crippen molar-refractivity contribution in [2.24, 2.45) is 0 Å². The third-order valence-electron chi connectivity index (χ3n) is 6.25. The van der Waals surface area contributed by atoms with Crippen LogP contribution in [0.1, 0.15) is 26.3 Å². The Morgan fingerprint density at radius 3 is 2.43 bits per heavy atom. The number of hydrogen-bond donors (Lipinski definition) is 2. The molecular weight excluding hydrogens is 602 g/mol. The molecule has 0 aliphatic heterocycles. The summed E-state index contributed by atoms with van der Waals surface area (Å²) in [5.74, 6) is -2.73. The average Bonchev–Trinajstić information content (AvgIpc) is 3.58. The van der Waals surface area contributed by atoms with E-state index in [2.05, 4.69) is 20.2 Å². The molecule has 0 unspecified atom stereocenters. The molecule has 2 aromatic carbocycles. The van der Waals surface area contributed by atoms with Crippen LogP contribution in [0.15, 0.2) is 53.2 Å². The number of nitrogens with one attached hydrogen (secondary N) is 1. The molecule has 0 aliphatic carbocycles. The minimum Gasteiger partial charge on any atom is -0.481 e. The minimum atomic E-state index is -5.05. The molecule has 0 saturated heterocycles. The SMILES string of the molecule is CC(C)OC(=O)[C@H](CO)NC(=O)Cn1ccc2c(-c3noc(-c4ccc(O[C@@H](C)C(F)(F)F)c(C(F)(F)F)c4)n3)cccc21. The Hall–Kier alpha value is -4.60. The van der Waals surface area contributed by atoms with Crippen molar-refractivity contribution in [1.29, 1.82) is 0 Å². The van der Waals surface area contributed by atoms with Crippen molar-refractivity contribution in [1.82, 2.24) is 20.0 Å². The second kappa shape index (κ2) is 12.6. The number of alkyl halides is 6. The van der Waals surface area contributed by atoms with Crippen molar-refractivity contribution < 1.29 is 55.0 Å². The number of nitrogens with zero attached hydrogens (tertiary/aromatic N) is 3. The Morgan fingerprint density at radius 1 is 1.07 bits per heavy atom. The second-order valence-electron chi connectivity index (χ2n) is 9.90. The molecule has 0 aliphatic rings. The molecule has 44 heavy (non-hydrogen) atoms. The van der Waals surface area contributed by atoms with Gasteiger partial charge in [0.25, 0.3) is 5.89 Å². The first-order valence-electron chi connectivity index (χ1n) is 13.1. The van der Waals surface area contributed by atoms with Crippen LogP contribution >= 0.6 is 0 Å². The van der Waals surface area contributed by atoms with E-state index in [9.17, 15) is 41.0 Å². The Balaban J connectivity index is 1.58. The Morgan fingerprint density at radius 2 is 1.80 bits per heavy atom. The third-order valence-corrected chi connectivity index (χ3v) is 6.25. The number of ether oxygens (including phenoxy) is 2. The highest BCUT2D eigenvalue weighted by Crippen LogP contribution is 2.40. The van der Waals surface area contributed by atoms with Crippen molar-refractivity contribution in [3.05, 3.63) is 54.2 Å². The van der Waals surface area contributed by atoms with E-state index >= 15 is 0 Å². The van der Waals surface area contributed by atoms with Gasteiger partial charge in [0.1, 0.15) is 12.3 Å². The summed E-state index contributed by atoms with van der Waals surface area (Å²) in [4.78, 5) is 28.9. The monoisotopic (exact) mass is 628 g/mol. The molecule has 0 bridgehead atoms. The van der Waals surface area contributed by atoms with Crippen molar-refractivity contribution in [3.8, 4) is 28.6 Å². The van der Waals surface area contributed by atoms with E-state index < -0.39 is 60.4 Å². The Kier molecular flexibility index (Phi) is 9.22. The van der Waals surface area contributed by atoms with Crippen molar-refractivity contribution in [3.63, 3.8) is 0 Å². The quantitative estimate of drug-likeness (QED) is 0.183. The fourth-order valence-corrected chi connectivity index (χ4v) is 4.14. The molecule has 4 aromatic rings. The number of halogens is 6. The fourth-order valence-electron chi connectivity index (χ4n) is 4.14. The van der Waals surface area contributed by atoms with Gasteiger partial charge in [-0.15, -0.1) is 0 Å². The number of aliphatic hydroxyl groups is 1. The fraction of sp³-hybridized carbons (Fsp3) is 0.357. The zero-order valence-electron chi connectivity index (χ0n) is 23.4. The number of aromatic nitrogens is 3. The molecule has 1 amide bonds. The Bertz CT molecular complexity index is 1650. The molecule has 2 atom stereocenters. The van der Waals surface area contributed by atoms with Gasteiger partial charge in [-0.05, 0) is 51.1 Å². The summed E-state index contributed by atoms with van der Waals surface area (Å²) in [6, 6.07) is 7.67. The maximum Gasteiger partial charge on any atom is 0.425 e. The molecule has 2 heterocycles. The summed E-state index contributed by atoms with van der Waals surface area (Å²) in [7, 11) is 0. The van der Waals surface area contributed by atoms with E-state index in [4.69, 9.17) is 9.26 Å². The molecule has 16 heteroatoms. The van der Waals surface area contributed by atoms with Gasteiger partial charge in [0.15, 0.2) is 12.1 Å². The second-order valence-corrected chi connectivity index (χ2v) is 9.90. The van der Waals surface area contributed by atoms with Crippen LogP contribution in [-0.2, 0) is 27.0 Å². The van der Waals surface area contributed by atoms with E-state index in [1.54, 1.807) is 48.9 Å². The van der Waals surface area contributed by atoms with Crippen LogP contribution in [0.2, 0.25) is 0 Å². The smallest absolute Gasteiger partial charge is 0.425 e. The first kappa shape index (κ1) is 32.3. The van der Waals surface area contributed by atoms with Gasteiger partial charge < -0.3 is 29.0 Å². The van der Waals surface area contributed by atoms with Crippen LogP contribution in [-0.4, -0.2) is 62.7 Å². The molecule has 4 rings (SSSR count). The number of esters is 1. The molecule has 2 N–H and O–H groups in total. The van der Waals surface area contributed by atoms with Crippen LogP contribution in [0.5, 0.6) is 5.75 Å². The van der Waals surface area contributed by atoms with E-state index in [0.717, 1.165) is 12.1 Å². The van der Waals surface area contributed by atoms with Gasteiger partial charge in [-0.1, -0.05) is 17.3 Å².